The highest BCUT2D eigenvalue weighted by molar-refractivity contribution is 5.82. The third-order valence-electron chi connectivity index (χ3n) is 7.28. The molecule has 5 nitrogen and oxygen atoms in total. The first-order chi connectivity index (χ1) is 13.2. The van der Waals surface area contributed by atoms with E-state index in [9.17, 15) is 4.79 Å². The van der Waals surface area contributed by atoms with Crippen molar-refractivity contribution in [2.45, 2.75) is 89.6 Å². The first kappa shape index (κ1) is 19.1. The number of amides is 1. The third kappa shape index (κ3) is 4.78. The SMILES string of the molecule is CCN=C(NC1CCN(C(=O)C2CCCC2)C1)NC1CC1C1CCCCC1. The Morgan fingerprint density at radius 1 is 1.00 bits per heavy atom. The number of likely N-dealkylation sites (tertiary alicyclic amines) is 1. The molecular weight excluding hydrogens is 336 g/mol. The maximum Gasteiger partial charge on any atom is 0.225 e. The summed E-state index contributed by atoms with van der Waals surface area (Å²) >= 11 is 0. The fraction of sp³-hybridized carbons (Fsp3) is 0.909. The zero-order valence-electron chi connectivity index (χ0n) is 17.1. The van der Waals surface area contributed by atoms with Gasteiger partial charge in [0.1, 0.15) is 0 Å². The van der Waals surface area contributed by atoms with E-state index in [1.807, 2.05) is 0 Å². The molecule has 1 heterocycles. The smallest absolute Gasteiger partial charge is 0.225 e. The molecule has 3 saturated carbocycles. The van der Waals surface area contributed by atoms with Crippen LogP contribution in [0.5, 0.6) is 0 Å². The normalized spacial score (nSPS) is 32.7. The third-order valence-corrected chi connectivity index (χ3v) is 7.28. The summed E-state index contributed by atoms with van der Waals surface area (Å²) < 4.78 is 0. The van der Waals surface area contributed by atoms with E-state index in [1.165, 1.54) is 51.4 Å². The van der Waals surface area contributed by atoms with Crippen molar-refractivity contribution >= 4 is 11.9 Å². The fourth-order valence-corrected chi connectivity index (χ4v) is 5.63. The van der Waals surface area contributed by atoms with E-state index in [-0.39, 0.29) is 0 Å². The van der Waals surface area contributed by atoms with Gasteiger partial charge in [-0.3, -0.25) is 9.79 Å². The Morgan fingerprint density at radius 3 is 2.48 bits per heavy atom. The quantitative estimate of drug-likeness (QED) is 0.573. The van der Waals surface area contributed by atoms with Crippen molar-refractivity contribution in [2.75, 3.05) is 19.6 Å². The molecule has 3 atom stereocenters. The van der Waals surface area contributed by atoms with Crippen LogP contribution in [-0.2, 0) is 4.79 Å². The molecule has 152 valence electrons. The molecule has 0 bridgehead atoms. The van der Waals surface area contributed by atoms with Gasteiger partial charge in [-0.15, -0.1) is 0 Å². The maximum atomic E-state index is 12.7. The second-order valence-electron chi connectivity index (χ2n) is 9.27. The predicted octanol–water partition coefficient (Wildman–Crippen LogP) is 3.30. The Labute approximate surface area is 164 Å². The molecule has 4 aliphatic rings. The minimum atomic E-state index is 0.299. The number of carbonyl (C=O) groups is 1. The van der Waals surface area contributed by atoms with Crippen LogP contribution in [0.15, 0.2) is 4.99 Å². The van der Waals surface area contributed by atoms with Gasteiger partial charge in [-0.05, 0) is 44.4 Å². The number of hydrogen-bond acceptors (Lipinski definition) is 2. The number of nitrogens with one attached hydrogen (secondary N) is 2. The molecule has 0 aromatic rings. The molecule has 27 heavy (non-hydrogen) atoms. The van der Waals surface area contributed by atoms with Crippen molar-refractivity contribution in [1.29, 1.82) is 0 Å². The van der Waals surface area contributed by atoms with Crippen LogP contribution in [0.1, 0.15) is 77.6 Å². The van der Waals surface area contributed by atoms with Crippen LogP contribution in [0.3, 0.4) is 0 Å². The van der Waals surface area contributed by atoms with Gasteiger partial charge in [-0.1, -0.05) is 44.9 Å². The van der Waals surface area contributed by atoms with Crippen molar-refractivity contribution in [1.82, 2.24) is 15.5 Å². The molecule has 4 fully saturated rings. The van der Waals surface area contributed by atoms with Gasteiger partial charge in [0, 0.05) is 37.6 Å². The van der Waals surface area contributed by atoms with E-state index in [0.29, 0.717) is 23.9 Å². The molecule has 1 amide bonds. The summed E-state index contributed by atoms with van der Waals surface area (Å²) in [5, 5.41) is 7.33. The van der Waals surface area contributed by atoms with Crippen LogP contribution in [-0.4, -0.2) is 48.5 Å². The van der Waals surface area contributed by atoms with Gasteiger partial charge >= 0.3 is 0 Å². The Kier molecular flexibility index (Phi) is 6.24. The van der Waals surface area contributed by atoms with Gasteiger partial charge in [0.2, 0.25) is 5.91 Å². The lowest BCUT2D eigenvalue weighted by Crippen LogP contribution is -2.46. The van der Waals surface area contributed by atoms with Crippen molar-refractivity contribution in [3.8, 4) is 0 Å². The average Bonchev–Trinajstić information content (AvgIpc) is 3.08. The summed E-state index contributed by atoms with van der Waals surface area (Å²) in [5.74, 6) is 3.47. The van der Waals surface area contributed by atoms with Gasteiger partial charge in [0.25, 0.3) is 0 Å². The number of rotatable bonds is 5. The average molecular weight is 375 g/mol. The van der Waals surface area contributed by atoms with E-state index < -0.39 is 0 Å². The maximum absolute atomic E-state index is 12.7. The number of aliphatic imine (C=N–C) groups is 1. The molecule has 0 aromatic heterocycles. The molecule has 0 radical (unpaired) electrons. The molecule has 0 spiro atoms. The van der Waals surface area contributed by atoms with Crippen LogP contribution in [0.2, 0.25) is 0 Å². The Bertz CT molecular complexity index is 536. The summed E-state index contributed by atoms with van der Waals surface area (Å²) in [6.07, 6.45) is 14.1. The van der Waals surface area contributed by atoms with E-state index >= 15 is 0 Å². The highest BCUT2D eigenvalue weighted by atomic mass is 16.2. The molecule has 5 heteroatoms. The van der Waals surface area contributed by atoms with Crippen molar-refractivity contribution in [3.05, 3.63) is 0 Å². The Balaban J connectivity index is 1.24. The summed E-state index contributed by atoms with van der Waals surface area (Å²) in [7, 11) is 0. The van der Waals surface area contributed by atoms with E-state index in [0.717, 1.165) is 56.7 Å². The monoisotopic (exact) mass is 374 g/mol. The molecule has 4 rings (SSSR count). The molecule has 1 aliphatic heterocycles. The second kappa shape index (κ2) is 8.83. The minimum Gasteiger partial charge on any atom is -0.353 e. The molecule has 1 saturated heterocycles. The Hall–Kier alpha value is -1.26. The first-order valence-corrected chi connectivity index (χ1v) is 11.6. The standard InChI is InChI=1S/C22H38N4O/c1-2-23-22(25-20-14-19(20)16-8-4-3-5-9-16)24-18-12-13-26(15-18)21(27)17-10-6-7-11-17/h16-20H,2-15H2,1H3,(H2,23,24,25). The van der Waals surface area contributed by atoms with E-state index in [4.69, 9.17) is 0 Å². The summed E-state index contributed by atoms with van der Waals surface area (Å²) in [6.45, 7) is 4.64. The van der Waals surface area contributed by atoms with Crippen molar-refractivity contribution in [2.24, 2.45) is 22.7 Å². The van der Waals surface area contributed by atoms with Gasteiger partial charge in [0.05, 0.1) is 0 Å². The van der Waals surface area contributed by atoms with Gasteiger partial charge in [0.15, 0.2) is 5.96 Å². The first-order valence-electron chi connectivity index (χ1n) is 11.6. The van der Waals surface area contributed by atoms with Crippen LogP contribution >= 0.6 is 0 Å². The number of carbonyl (C=O) groups excluding carboxylic acids is 1. The highest BCUT2D eigenvalue weighted by Gasteiger charge is 2.43. The van der Waals surface area contributed by atoms with Crippen LogP contribution in [0.25, 0.3) is 0 Å². The lowest BCUT2D eigenvalue weighted by molar-refractivity contribution is -0.134. The zero-order valence-corrected chi connectivity index (χ0v) is 17.1. The highest BCUT2D eigenvalue weighted by Crippen LogP contribution is 2.44. The van der Waals surface area contributed by atoms with Gasteiger partial charge in [-0.2, -0.15) is 0 Å². The van der Waals surface area contributed by atoms with Crippen LogP contribution < -0.4 is 10.6 Å². The largest absolute Gasteiger partial charge is 0.353 e. The molecule has 3 aliphatic carbocycles. The van der Waals surface area contributed by atoms with E-state index in [2.05, 4.69) is 27.4 Å². The number of guanidine groups is 1. The molecule has 3 unspecified atom stereocenters. The van der Waals surface area contributed by atoms with Crippen molar-refractivity contribution < 1.29 is 4.79 Å². The fourth-order valence-electron chi connectivity index (χ4n) is 5.63. The molecular formula is C22H38N4O. The zero-order chi connectivity index (χ0) is 18.6. The van der Waals surface area contributed by atoms with Crippen LogP contribution in [0, 0.1) is 17.8 Å². The van der Waals surface area contributed by atoms with Crippen molar-refractivity contribution in [3.63, 3.8) is 0 Å². The summed E-state index contributed by atoms with van der Waals surface area (Å²) in [4.78, 5) is 19.4. The topological polar surface area (TPSA) is 56.7 Å². The summed E-state index contributed by atoms with van der Waals surface area (Å²) in [5.41, 5.74) is 0. The lowest BCUT2D eigenvalue weighted by atomic mass is 9.85. The summed E-state index contributed by atoms with van der Waals surface area (Å²) in [6, 6.07) is 0.962. The molecule has 0 aromatic carbocycles. The molecule has 2 N–H and O–H groups in total. The number of nitrogens with zero attached hydrogens (tertiary/aromatic N) is 2. The second-order valence-corrected chi connectivity index (χ2v) is 9.27. The van der Waals surface area contributed by atoms with Gasteiger partial charge in [-0.25, -0.2) is 0 Å². The lowest BCUT2D eigenvalue weighted by Gasteiger charge is -2.23. The van der Waals surface area contributed by atoms with Gasteiger partial charge < -0.3 is 15.5 Å². The minimum absolute atomic E-state index is 0.299. The van der Waals surface area contributed by atoms with Crippen LogP contribution in [0.4, 0.5) is 0 Å². The predicted molar refractivity (Wildman–Crippen MR) is 110 cm³/mol. The number of hydrogen-bond donors (Lipinski definition) is 2. The van der Waals surface area contributed by atoms with E-state index in [1.54, 1.807) is 0 Å². The Morgan fingerprint density at radius 2 is 1.74 bits per heavy atom.